The van der Waals surface area contributed by atoms with Crippen molar-refractivity contribution in [2.24, 2.45) is 4.99 Å². The lowest BCUT2D eigenvalue weighted by atomic mass is 9.90. The van der Waals surface area contributed by atoms with Crippen molar-refractivity contribution in [1.82, 2.24) is 5.32 Å². The van der Waals surface area contributed by atoms with Crippen molar-refractivity contribution in [1.29, 1.82) is 0 Å². The smallest absolute Gasteiger partial charge is 0.387 e. The van der Waals surface area contributed by atoms with Crippen LogP contribution in [-0.2, 0) is 9.68 Å². The molecule has 1 heterocycles. The van der Waals surface area contributed by atoms with E-state index in [9.17, 15) is 13.6 Å². The van der Waals surface area contributed by atoms with Crippen LogP contribution in [0, 0.1) is 13.8 Å². The Hall–Kier alpha value is -3.04. The van der Waals surface area contributed by atoms with E-state index in [1.807, 2.05) is 52.8 Å². The predicted octanol–water partition coefficient (Wildman–Crippen LogP) is 6.20. The average molecular weight is 502 g/mol. The third-order valence-corrected chi connectivity index (χ3v) is 7.11. The number of aliphatic imine (C=N–C) groups is 1. The number of halogens is 2. The lowest BCUT2D eigenvalue weighted by molar-refractivity contribution is -0.0503. The summed E-state index contributed by atoms with van der Waals surface area (Å²) in [5, 5.41) is 4.47. The molecule has 1 saturated carbocycles. The van der Waals surface area contributed by atoms with Crippen molar-refractivity contribution in [2.45, 2.75) is 84.7 Å². The van der Waals surface area contributed by atoms with Crippen LogP contribution in [0.4, 0.5) is 20.2 Å². The summed E-state index contributed by atoms with van der Waals surface area (Å²) in [5.41, 5.74) is 3.10. The molecule has 2 aromatic carbocycles. The molecule has 194 valence electrons. The van der Waals surface area contributed by atoms with Crippen LogP contribution < -0.4 is 15.3 Å². The van der Waals surface area contributed by atoms with Gasteiger partial charge < -0.3 is 10.1 Å². The predicted molar refractivity (Wildman–Crippen MR) is 134 cm³/mol. The molecule has 36 heavy (non-hydrogen) atoms. The molecular formula is C27H33F2N3O4. The van der Waals surface area contributed by atoms with Gasteiger partial charge in [-0.05, 0) is 96.7 Å². The minimum absolute atomic E-state index is 0.00795. The van der Waals surface area contributed by atoms with Crippen molar-refractivity contribution in [3.8, 4) is 5.75 Å². The number of benzene rings is 2. The Kier molecular flexibility index (Phi) is 7.07. The molecule has 0 spiro atoms. The van der Waals surface area contributed by atoms with Gasteiger partial charge in [0.2, 0.25) is 0 Å². The Morgan fingerprint density at radius 3 is 2.47 bits per heavy atom. The van der Waals surface area contributed by atoms with E-state index >= 15 is 0 Å². The Morgan fingerprint density at radius 1 is 1.14 bits per heavy atom. The number of nitrogens with one attached hydrogen (secondary N) is 1. The summed E-state index contributed by atoms with van der Waals surface area (Å²) in [6, 6.07) is 10.1. The fourth-order valence-corrected chi connectivity index (χ4v) is 4.23. The number of hydrogen-bond acceptors (Lipinski definition) is 6. The van der Waals surface area contributed by atoms with Gasteiger partial charge in [0.25, 0.3) is 5.91 Å². The second-order valence-electron chi connectivity index (χ2n) is 10.3. The van der Waals surface area contributed by atoms with Crippen LogP contribution in [0.15, 0.2) is 41.4 Å². The van der Waals surface area contributed by atoms with Crippen LogP contribution in [0.3, 0.4) is 0 Å². The summed E-state index contributed by atoms with van der Waals surface area (Å²) < 4.78 is 29.9. The number of aryl methyl sites for hydroxylation is 1. The highest BCUT2D eigenvalue weighted by Gasteiger charge is 2.50. The number of alkyl halides is 2. The maximum absolute atomic E-state index is 13.0. The van der Waals surface area contributed by atoms with Crippen molar-refractivity contribution in [2.75, 3.05) is 5.23 Å². The van der Waals surface area contributed by atoms with Gasteiger partial charge in [0, 0.05) is 16.8 Å². The Morgan fingerprint density at radius 2 is 1.83 bits per heavy atom. The first-order valence-corrected chi connectivity index (χ1v) is 12.1. The van der Waals surface area contributed by atoms with Crippen molar-refractivity contribution in [3.63, 3.8) is 0 Å². The maximum atomic E-state index is 13.0. The fraction of sp³-hybridized carbons (Fsp3) is 0.481. The highest BCUT2D eigenvalue weighted by molar-refractivity contribution is 6.02. The molecule has 1 amide bonds. The molecule has 2 aromatic rings. The SMILES string of the molecule is Cc1cc(N2OC(C)(C)C(C)(C)O2)ccc1/N=C1\CCCC1NC(=O)c1cccc(OC(F)F)c1C. The van der Waals surface area contributed by atoms with Gasteiger partial charge in [0.1, 0.15) is 17.0 Å². The fourth-order valence-electron chi connectivity index (χ4n) is 4.23. The number of rotatable bonds is 6. The summed E-state index contributed by atoms with van der Waals surface area (Å²) in [4.78, 5) is 29.8. The van der Waals surface area contributed by atoms with E-state index in [1.54, 1.807) is 13.0 Å². The molecule has 7 nitrogen and oxygen atoms in total. The molecule has 0 radical (unpaired) electrons. The zero-order chi connectivity index (χ0) is 26.3. The molecule has 1 unspecified atom stereocenters. The maximum Gasteiger partial charge on any atom is 0.387 e. The normalized spacial score (nSPS) is 21.9. The van der Waals surface area contributed by atoms with Crippen LogP contribution in [0.5, 0.6) is 5.75 Å². The van der Waals surface area contributed by atoms with Gasteiger partial charge in [-0.1, -0.05) is 6.07 Å². The first-order chi connectivity index (χ1) is 16.9. The molecular weight excluding hydrogens is 468 g/mol. The van der Waals surface area contributed by atoms with E-state index in [2.05, 4.69) is 10.1 Å². The number of carbonyl (C=O) groups excluding carboxylic acids is 1. The summed E-state index contributed by atoms with van der Waals surface area (Å²) in [6.07, 6.45) is 2.42. The first-order valence-electron chi connectivity index (χ1n) is 12.1. The molecule has 4 rings (SSSR count). The van der Waals surface area contributed by atoms with Crippen LogP contribution >= 0.6 is 0 Å². The van der Waals surface area contributed by atoms with Crippen LogP contribution in [0.1, 0.15) is 68.4 Å². The van der Waals surface area contributed by atoms with E-state index in [0.717, 1.165) is 41.9 Å². The van der Waals surface area contributed by atoms with E-state index in [1.165, 1.54) is 17.4 Å². The van der Waals surface area contributed by atoms with E-state index in [0.29, 0.717) is 11.1 Å². The second kappa shape index (κ2) is 9.78. The molecule has 2 fully saturated rings. The van der Waals surface area contributed by atoms with Gasteiger partial charge in [0.05, 0.1) is 17.4 Å². The standard InChI is InChI=1S/C27H33F2N3O4/c1-16-15-18(32-35-26(3,4)27(5,6)36-32)13-14-20(16)30-21-10-8-11-22(21)31-24(33)19-9-7-12-23(17(19)2)34-25(28)29/h7,9,12-15,22,25H,8,10-11H2,1-6H3,(H,31,33)/b30-21+. The number of carbonyl (C=O) groups is 1. The van der Waals surface area contributed by atoms with E-state index in [4.69, 9.17) is 14.7 Å². The zero-order valence-corrected chi connectivity index (χ0v) is 21.5. The van der Waals surface area contributed by atoms with Crippen molar-refractivity contribution in [3.05, 3.63) is 53.1 Å². The Bertz CT molecular complexity index is 1160. The number of ether oxygens (including phenoxy) is 1. The highest BCUT2D eigenvalue weighted by Crippen LogP contribution is 2.40. The van der Waals surface area contributed by atoms with Crippen LogP contribution in [0.2, 0.25) is 0 Å². The molecule has 1 aliphatic heterocycles. The third-order valence-electron chi connectivity index (χ3n) is 7.11. The van der Waals surface area contributed by atoms with Gasteiger partial charge in [-0.3, -0.25) is 9.79 Å². The van der Waals surface area contributed by atoms with Gasteiger partial charge in [-0.15, -0.1) is 5.23 Å². The van der Waals surface area contributed by atoms with E-state index in [-0.39, 0.29) is 17.7 Å². The number of nitrogens with zero attached hydrogens (tertiary/aromatic N) is 2. The molecule has 1 aliphatic carbocycles. The monoisotopic (exact) mass is 501 g/mol. The largest absolute Gasteiger partial charge is 0.435 e. The molecule has 1 saturated heterocycles. The van der Waals surface area contributed by atoms with Gasteiger partial charge in [-0.25, -0.2) is 9.68 Å². The molecule has 1 N–H and O–H groups in total. The molecule has 0 bridgehead atoms. The van der Waals surface area contributed by atoms with Gasteiger partial charge in [-0.2, -0.15) is 8.78 Å². The highest BCUT2D eigenvalue weighted by atomic mass is 19.3. The van der Waals surface area contributed by atoms with Crippen LogP contribution in [0.25, 0.3) is 0 Å². The summed E-state index contributed by atoms with van der Waals surface area (Å²) in [6.45, 7) is 8.55. The molecule has 9 heteroatoms. The first kappa shape index (κ1) is 26.0. The topological polar surface area (TPSA) is 72.4 Å². The summed E-state index contributed by atoms with van der Waals surface area (Å²) in [5.74, 6) is -0.348. The minimum Gasteiger partial charge on any atom is -0.435 e. The minimum atomic E-state index is -2.95. The lowest BCUT2D eigenvalue weighted by Crippen LogP contribution is -2.41. The average Bonchev–Trinajstić information content (AvgIpc) is 3.30. The third kappa shape index (κ3) is 5.22. The molecule has 1 atom stereocenters. The summed E-state index contributed by atoms with van der Waals surface area (Å²) in [7, 11) is 0. The second-order valence-corrected chi connectivity index (χ2v) is 10.3. The van der Waals surface area contributed by atoms with Gasteiger partial charge in [0.15, 0.2) is 0 Å². The van der Waals surface area contributed by atoms with Crippen molar-refractivity contribution >= 4 is 23.0 Å². The Labute approximate surface area is 210 Å². The van der Waals surface area contributed by atoms with Crippen molar-refractivity contribution < 1.29 is 28.0 Å². The number of anilines is 1. The summed E-state index contributed by atoms with van der Waals surface area (Å²) >= 11 is 0. The Balaban J connectivity index is 1.50. The number of amides is 1. The van der Waals surface area contributed by atoms with Crippen LogP contribution in [-0.4, -0.2) is 35.5 Å². The quantitative estimate of drug-likeness (QED) is 0.510. The number of hydrogen-bond donors (Lipinski definition) is 1. The van der Waals surface area contributed by atoms with E-state index < -0.39 is 17.8 Å². The lowest BCUT2D eigenvalue weighted by Gasteiger charge is -2.26. The molecule has 2 aliphatic rings. The van der Waals surface area contributed by atoms with Gasteiger partial charge >= 0.3 is 6.61 Å². The zero-order valence-electron chi connectivity index (χ0n) is 21.5. The molecule has 0 aromatic heterocycles.